The number of nitriles is 1. The third kappa shape index (κ3) is 1.84. The van der Waals surface area contributed by atoms with Crippen LogP contribution in [-0.4, -0.2) is 17.4 Å². The average molecular weight is 215 g/mol. The number of benzene rings is 1. The van der Waals surface area contributed by atoms with Gasteiger partial charge in [-0.05, 0) is 24.3 Å². The average Bonchev–Trinajstić information content (AvgIpc) is 2.63. The molecule has 16 heavy (non-hydrogen) atoms. The van der Waals surface area contributed by atoms with Crippen molar-refractivity contribution in [2.75, 3.05) is 5.01 Å². The van der Waals surface area contributed by atoms with E-state index in [0.717, 1.165) is 5.69 Å². The Morgan fingerprint density at radius 1 is 1.44 bits per heavy atom. The zero-order chi connectivity index (χ0) is 11.5. The molecule has 4 nitrogen and oxygen atoms in total. The van der Waals surface area contributed by atoms with Crippen molar-refractivity contribution in [3.05, 3.63) is 24.3 Å². The summed E-state index contributed by atoms with van der Waals surface area (Å²) in [7, 11) is 0. The van der Waals surface area contributed by atoms with Gasteiger partial charge in [0.1, 0.15) is 5.75 Å². The van der Waals surface area contributed by atoms with Gasteiger partial charge >= 0.3 is 0 Å². The van der Waals surface area contributed by atoms with Crippen molar-refractivity contribution < 1.29 is 5.11 Å². The summed E-state index contributed by atoms with van der Waals surface area (Å²) in [5, 5.41) is 24.1. The predicted molar refractivity (Wildman–Crippen MR) is 62.3 cm³/mol. The lowest BCUT2D eigenvalue weighted by Crippen LogP contribution is -2.30. The number of hydrogen-bond acceptors (Lipinski definition) is 4. The molecule has 2 rings (SSSR count). The Hall–Kier alpha value is -2.02. The molecule has 1 aliphatic rings. The Balaban J connectivity index is 2.24. The first-order valence-corrected chi connectivity index (χ1v) is 5.21. The SMILES string of the molecule is C[C@@H]1C=NN(c2ccc(O)cc2)[C@H]1CC#N. The van der Waals surface area contributed by atoms with E-state index in [1.165, 1.54) is 0 Å². The van der Waals surface area contributed by atoms with Crippen LogP contribution >= 0.6 is 0 Å². The molecule has 0 radical (unpaired) electrons. The number of nitrogens with zero attached hydrogens (tertiary/aromatic N) is 3. The molecule has 0 spiro atoms. The quantitative estimate of drug-likeness (QED) is 0.822. The molecule has 0 bridgehead atoms. The molecule has 1 aliphatic heterocycles. The van der Waals surface area contributed by atoms with Crippen LogP contribution in [0.5, 0.6) is 5.75 Å². The second-order valence-electron chi connectivity index (χ2n) is 3.91. The summed E-state index contributed by atoms with van der Waals surface area (Å²) in [6.07, 6.45) is 2.30. The van der Waals surface area contributed by atoms with Gasteiger partial charge in [-0.2, -0.15) is 10.4 Å². The zero-order valence-corrected chi connectivity index (χ0v) is 9.04. The number of aromatic hydroxyl groups is 1. The topological polar surface area (TPSA) is 59.6 Å². The fourth-order valence-electron chi connectivity index (χ4n) is 1.81. The van der Waals surface area contributed by atoms with Crippen molar-refractivity contribution in [2.45, 2.75) is 19.4 Å². The molecule has 1 N–H and O–H groups in total. The lowest BCUT2D eigenvalue weighted by atomic mass is 10.0. The molecule has 0 unspecified atom stereocenters. The second kappa shape index (κ2) is 4.23. The van der Waals surface area contributed by atoms with Crippen LogP contribution in [0.2, 0.25) is 0 Å². The second-order valence-corrected chi connectivity index (χ2v) is 3.91. The van der Waals surface area contributed by atoms with Gasteiger partial charge in [0.25, 0.3) is 0 Å². The van der Waals surface area contributed by atoms with Gasteiger partial charge in [0.2, 0.25) is 0 Å². The van der Waals surface area contributed by atoms with Crippen molar-refractivity contribution in [1.29, 1.82) is 5.26 Å². The van der Waals surface area contributed by atoms with Crippen LogP contribution in [0.25, 0.3) is 0 Å². The van der Waals surface area contributed by atoms with Gasteiger partial charge < -0.3 is 5.11 Å². The number of hydrazone groups is 1. The van der Waals surface area contributed by atoms with Gasteiger partial charge in [-0.15, -0.1) is 0 Å². The Morgan fingerprint density at radius 2 is 2.12 bits per heavy atom. The molecule has 0 aromatic heterocycles. The summed E-state index contributed by atoms with van der Waals surface area (Å²) in [6.45, 7) is 2.05. The maximum Gasteiger partial charge on any atom is 0.115 e. The fourth-order valence-corrected chi connectivity index (χ4v) is 1.81. The third-order valence-corrected chi connectivity index (χ3v) is 2.76. The van der Waals surface area contributed by atoms with Crippen molar-refractivity contribution in [3.8, 4) is 11.8 Å². The van der Waals surface area contributed by atoms with E-state index in [0.29, 0.717) is 6.42 Å². The van der Waals surface area contributed by atoms with Crippen LogP contribution < -0.4 is 5.01 Å². The van der Waals surface area contributed by atoms with Gasteiger partial charge in [0, 0.05) is 12.1 Å². The first kappa shape index (κ1) is 10.5. The number of hydrogen-bond donors (Lipinski definition) is 1. The number of anilines is 1. The molecule has 0 saturated heterocycles. The molecular weight excluding hydrogens is 202 g/mol. The van der Waals surface area contributed by atoms with E-state index < -0.39 is 0 Å². The highest BCUT2D eigenvalue weighted by Gasteiger charge is 2.28. The normalized spacial score (nSPS) is 23.4. The van der Waals surface area contributed by atoms with Crippen molar-refractivity contribution in [1.82, 2.24) is 0 Å². The maximum absolute atomic E-state index is 9.21. The molecule has 0 amide bonds. The van der Waals surface area contributed by atoms with E-state index in [2.05, 4.69) is 11.2 Å². The van der Waals surface area contributed by atoms with Crippen LogP contribution in [0.15, 0.2) is 29.4 Å². The van der Waals surface area contributed by atoms with Crippen molar-refractivity contribution in [3.63, 3.8) is 0 Å². The van der Waals surface area contributed by atoms with Gasteiger partial charge in [-0.1, -0.05) is 6.92 Å². The zero-order valence-electron chi connectivity index (χ0n) is 9.04. The minimum Gasteiger partial charge on any atom is -0.508 e. The first-order chi connectivity index (χ1) is 7.72. The highest BCUT2D eigenvalue weighted by molar-refractivity contribution is 5.69. The van der Waals surface area contributed by atoms with Gasteiger partial charge in [0.15, 0.2) is 0 Å². The lowest BCUT2D eigenvalue weighted by molar-refractivity contribution is 0.475. The van der Waals surface area contributed by atoms with Crippen molar-refractivity contribution in [2.24, 2.45) is 11.0 Å². The molecule has 1 heterocycles. The summed E-state index contributed by atoms with van der Waals surface area (Å²) < 4.78 is 0. The molecule has 4 heteroatoms. The van der Waals surface area contributed by atoms with Crippen LogP contribution in [0, 0.1) is 17.2 Å². The lowest BCUT2D eigenvalue weighted by Gasteiger charge is -2.24. The molecule has 82 valence electrons. The highest BCUT2D eigenvalue weighted by atomic mass is 16.3. The molecule has 0 fully saturated rings. The monoisotopic (exact) mass is 215 g/mol. The number of rotatable bonds is 2. The summed E-state index contributed by atoms with van der Waals surface area (Å²) >= 11 is 0. The van der Waals surface area contributed by atoms with E-state index in [-0.39, 0.29) is 17.7 Å². The van der Waals surface area contributed by atoms with E-state index in [1.807, 2.05) is 18.1 Å². The fraction of sp³-hybridized carbons (Fsp3) is 0.333. The summed E-state index contributed by atoms with van der Waals surface area (Å²) in [6, 6.07) is 9.12. The van der Waals surface area contributed by atoms with Crippen LogP contribution in [0.1, 0.15) is 13.3 Å². The van der Waals surface area contributed by atoms with E-state index in [1.54, 1.807) is 24.3 Å². The van der Waals surface area contributed by atoms with Gasteiger partial charge in [0.05, 0.1) is 24.2 Å². The van der Waals surface area contributed by atoms with E-state index in [4.69, 9.17) is 5.26 Å². The minimum atomic E-state index is 0.0922. The molecule has 0 saturated carbocycles. The number of phenolic OH excluding ortho intramolecular Hbond substituents is 1. The smallest absolute Gasteiger partial charge is 0.115 e. The van der Waals surface area contributed by atoms with Crippen LogP contribution in [-0.2, 0) is 0 Å². The summed E-state index contributed by atoms with van der Waals surface area (Å²) in [5.41, 5.74) is 0.902. The molecule has 1 aromatic carbocycles. The van der Waals surface area contributed by atoms with Gasteiger partial charge in [-0.25, -0.2) is 0 Å². The standard InChI is InChI=1S/C12H13N3O/c1-9-8-14-15(12(9)6-7-13)10-2-4-11(16)5-3-10/h2-5,8-9,12,16H,6H2,1H3/t9-,12+/m1/s1. The Bertz CT molecular complexity index is 433. The largest absolute Gasteiger partial charge is 0.508 e. The van der Waals surface area contributed by atoms with Crippen molar-refractivity contribution >= 4 is 11.9 Å². The molecule has 1 aromatic rings. The Labute approximate surface area is 94.4 Å². The minimum absolute atomic E-state index is 0.0922. The number of phenols is 1. The summed E-state index contributed by atoms with van der Waals surface area (Å²) in [5.74, 6) is 0.505. The Kier molecular flexibility index (Phi) is 2.78. The molecule has 0 aliphatic carbocycles. The van der Waals surface area contributed by atoms with Crippen LogP contribution in [0.4, 0.5) is 5.69 Å². The third-order valence-electron chi connectivity index (χ3n) is 2.76. The molecule has 2 atom stereocenters. The first-order valence-electron chi connectivity index (χ1n) is 5.21. The predicted octanol–water partition coefficient (Wildman–Crippen LogP) is 2.12. The maximum atomic E-state index is 9.21. The summed E-state index contributed by atoms with van der Waals surface area (Å²) in [4.78, 5) is 0. The Morgan fingerprint density at radius 3 is 2.75 bits per heavy atom. The van der Waals surface area contributed by atoms with Crippen LogP contribution in [0.3, 0.4) is 0 Å². The van der Waals surface area contributed by atoms with E-state index >= 15 is 0 Å². The molecular formula is C12H13N3O. The highest BCUT2D eigenvalue weighted by Crippen LogP contribution is 2.28. The van der Waals surface area contributed by atoms with E-state index in [9.17, 15) is 5.11 Å². The van der Waals surface area contributed by atoms with Gasteiger partial charge in [-0.3, -0.25) is 5.01 Å².